The van der Waals surface area contributed by atoms with Crippen molar-refractivity contribution in [3.8, 4) is 0 Å². The Bertz CT molecular complexity index is 443. The van der Waals surface area contributed by atoms with E-state index in [1.54, 1.807) is 18.4 Å². The summed E-state index contributed by atoms with van der Waals surface area (Å²) in [7, 11) is 4.10. The Morgan fingerprint density at radius 2 is 2.45 bits per heavy atom. The van der Waals surface area contributed by atoms with Gasteiger partial charge in [-0.25, -0.2) is 0 Å². The maximum Gasteiger partial charge on any atom is 0.247 e. The van der Waals surface area contributed by atoms with Gasteiger partial charge < -0.3 is 14.2 Å². The number of thioether (sulfide) groups is 1. The summed E-state index contributed by atoms with van der Waals surface area (Å²) in [5.41, 5.74) is 0. The Hall–Kier alpha value is -1.20. The van der Waals surface area contributed by atoms with E-state index in [9.17, 15) is 4.79 Å². The molecule has 1 aromatic heterocycles. The largest absolute Gasteiger partial charge is 0.465 e. The molecule has 5 heteroatoms. The Kier molecular flexibility index (Phi) is 5.73. The maximum absolute atomic E-state index is 12.4. The first kappa shape index (κ1) is 15.2. The zero-order valence-corrected chi connectivity index (χ0v) is 12.9. The number of amides is 1. The van der Waals surface area contributed by atoms with Crippen LogP contribution in [0.1, 0.15) is 12.2 Å². The van der Waals surface area contributed by atoms with Crippen LogP contribution in [0, 0.1) is 0 Å². The first-order valence-electron chi connectivity index (χ1n) is 6.91. The van der Waals surface area contributed by atoms with Crippen LogP contribution in [0.2, 0.25) is 0 Å². The van der Waals surface area contributed by atoms with Crippen molar-refractivity contribution in [1.82, 2.24) is 9.80 Å². The van der Waals surface area contributed by atoms with Gasteiger partial charge in [-0.2, -0.15) is 11.8 Å². The van der Waals surface area contributed by atoms with Gasteiger partial charge in [0.1, 0.15) is 5.76 Å². The molecule has 1 fully saturated rings. The van der Waals surface area contributed by atoms with E-state index in [4.69, 9.17) is 4.42 Å². The lowest BCUT2D eigenvalue weighted by molar-refractivity contribution is -0.128. The molecule has 110 valence electrons. The van der Waals surface area contributed by atoms with Crippen molar-refractivity contribution >= 4 is 23.7 Å². The predicted octanol–water partition coefficient (Wildman–Crippen LogP) is 2.19. The van der Waals surface area contributed by atoms with Crippen LogP contribution in [-0.4, -0.2) is 60.4 Å². The number of hydrogen-bond donors (Lipinski definition) is 0. The molecule has 20 heavy (non-hydrogen) atoms. The average Bonchev–Trinajstić information content (AvgIpc) is 2.82. The number of hydrogen-bond acceptors (Lipinski definition) is 4. The van der Waals surface area contributed by atoms with Gasteiger partial charge in [0.15, 0.2) is 0 Å². The van der Waals surface area contributed by atoms with Crippen molar-refractivity contribution in [2.45, 2.75) is 12.5 Å². The molecular weight excluding hydrogens is 272 g/mol. The maximum atomic E-state index is 12.4. The molecule has 1 aliphatic rings. The highest BCUT2D eigenvalue weighted by atomic mass is 32.2. The Morgan fingerprint density at radius 1 is 1.60 bits per heavy atom. The molecule has 0 aliphatic carbocycles. The summed E-state index contributed by atoms with van der Waals surface area (Å²) in [4.78, 5) is 16.6. The minimum atomic E-state index is 0.0794. The fourth-order valence-corrected chi connectivity index (χ4v) is 3.38. The van der Waals surface area contributed by atoms with Crippen LogP contribution in [0.3, 0.4) is 0 Å². The van der Waals surface area contributed by atoms with E-state index in [1.165, 1.54) is 0 Å². The molecule has 1 atom stereocenters. The van der Waals surface area contributed by atoms with Crippen molar-refractivity contribution in [1.29, 1.82) is 0 Å². The molecule has 4 nitrogen and oxygen atoms in total. The first-order chi connectivity index (χ1) is 9.66. The monoisotopic (exact) mass is 294 g/mol. The van der Waals surface area contributed by atoms with Gasteiger partial charge in [0.05, 0.1) is 12.3 Å². The van der Waals surface area contributed by atoms with Gasteiger partial charge in [-0.3, -0.25) is 4.79 Å². The molecule has 1 saturated heterocycles. The van der Waals surface area contributed by atoms with Gasteiger partial charge in [0.25, 0.3) is 0 Å². The third-order valence-electron chi connectivity index (χ3n) is 3.23. The van der Waals surface area contributed by atoms with Gasteiger partial charge in [0.2, 0.25) is 5.91 Å². The highest BCUT2D eigenvalue weighted by Gasteiger charge is 2.24. The van der Waals surface area contributed by atoms with E-state index < -0.39 is 0 Å². The van der Waals surface area contributed by atoms with Gasteiger partial charge >= 0.3 is 0 Å². The smallest absolute Gasteiger partial charge is 0.247 e. The highest BCUT2D eigenvalue weighted by Crippen LogP contribution is 2.17. The summed E-state index contributed by atoms with van der Waals surface area (Å²) in [5.74, 6) is 2.94. The molecule has 2 rings (SSSR count). The number of rotatable bonds is 4. The Balaban J connectivity index is 2.03. The quantitative estimate of drug-likeness (QED) is 0.798. The summed E-state index contributed by atoms with van der Waals surface area (Å²) in [6.07, 6.45) is 6.04. The van der Waals surface area contributed by atoms with Gasteiger partial charge in [-0.1, -0.05) is 0 Å². The molecule has 1 aliphatic heterocycles. The van der Waals surface area contributed by atoms with Crippen LogP contribution in [0.4, 0.5) is 0 Å². The molecule has 0 spiro atoms. The third kappa shape index (κ3) is 4.42. The molecule has 0 unspecified atom stereocenters. The zero-order valence-electron chi connectivity index (χ0n) is 12.1. The molecule has 0 radical (unpaired) electrons. The van der Waals surface area contributed by atoms with Crippen molar-refractivity contribution in [3.63, 3.8) is 0 Å². The van der Waals surface area contributed by atoms with Crippen LogP contribution >= 0.6 is 11.8 Å². The molecule has 0 bridgehead atoms. The van der Waals surface area contributed by atoms with Crippen molar-refractivity contribution < 1.29 is 9.21 Å². The van der Waals surface area contributed by atoms with Crippen LogP contribution in [0.5, 0.6) is 0 Å². The topological polar surface area (TPSA) is 36.7 Å². The predicted molar refractivity (Wildman–Crippen MR) is 83.7 cm³/mol. The summed E-state index contributed by atoms with van der Waals surface area (Å²) >= 11 is 1.94. The second-order valence-corrected chi connectivity index (χ2v) is 6.37. The zero-order chi connectivity index (χ0) is 14.4. The summed E-state index contributed by atoms with van der Waals surface area (Å²) in [6, 6.07) is 3.95. The van der Waals surface area contributed by atoms with Gasteiger partial charge in [0, 0.05) is 24.9 Å². The van der Waals surface area contributed by atoms with Crippen LogP contribution in [0.15, 0.2) is 28.9 Å². The van der Waals surface area contributed by atoms with E-state index in [0.717, 1.165) is 31.0 Å². The minimum absolute atomic E-state index is 0.0794. The number of furan rings is 1. The normalized spacial score (nSPS) is 20.6. The molecule has 2 heterocycles. The van der Waals surface area contributed by atoms with E-state index in [2.05, 4.69) is 19.0 Å². The van der Waals surface area contributed by atoms with Crippen LogP contribution in [-0.2, 0) is 4.79 Å². The van der Waals surface area contributed by atoms with Gasteiger partial charge in [-0.15, -0.1) is 0 Å². The minimum Gasteiger partial charge on any atom is -0.465 e. The second kappa shape index (κ2) is 7.55. The molecule has 1 aromatic rings. The lowest BCUT2D eigenvalue weighted by Crippen LogP contribution is -2.46. The van der Waals surface area contributed by atoms with E-state index in [0.29, 0.717) is 5.76 Å². The van der Waals surface area contributed by atoms with Crippen molar-refractivity contribution in [3.05, 3.63) is 30.2 Å². The summed E-state index contributed by atoms with van der Waals surface area (Å²) in [5, 5.41) is 0. The second-order valence-electron chi connectivity index (χ2n) is 5.22. The molecule has 0 aromatic carbocycles. The molecular formula is C15H22N2O2S. The average molecular weight is 294 g/mol. The SMILES string of the molecule is CN(C)C[C@@H]1CSCCCN1C(=O)/C=C/c1ccco1. The van der Waals surface area contributed by atoms with Crippen molar-refractivity contribution in [2.24, 2.45) is 0 Å². The number of carbonyl (C=O) groups is 1. The van der Waals surface area contributed by atoms with Crippen molar-refractivity contribution in [2.75, 3.05) is 38.7 Å². The molecule has 0 saturated carbocycles. The summed E-state index contributed by atoms with van der Waals surface area (Å²) < 4.78 is 5.22. The molecule has 1 amide bonds. The Morgan fingerprint density at radius 3 is 3.15 bits per heavy atom. The fourth-order valence-electron chi connectivity index (χ4n) is 2.33. The highest BCUT2D eigenvalue weighted by molar-refractivity contribution is 7.99. The Labute approximate surface area is 124 Å². The fraction of sp³-hybridized carbons (Fsp3) is 0.533. The number of carbonyl (C=O) groups excluding carboxylic acids is 1. The molecule has 0 N–H and O–H groups in total. The third-order valence-corrected chi connectivity index (χ3v) is 4.43. The standard InChI is InChI=1S/C15H22N2O2S/c1-16(2)11-13-12-20-10-4-8-17(13)15(18)7-6-14-5-3-9-19-14/h3,5-7,9,13H,4,8,10-12H2,1-2H3/b7-6+/t13-/m1/s1. The lowest BCUT2D eigenvalue weighted by Gasteiger charge is -2.30. The van der Waals surface area contributed by atoms with E-state index in [1.807, 2.05) is 28.8 Å². The summed E-state index contributed by atoms with van der Waals surface area (Å²) in [6.45, 7) is 1.75. The van der Waals surface area contributed by atoms with E-state index >= 15 is 0 Å². The number of likely N-dealkylation sites (N-methyl/N-ethyl adjacent to an activating group) is 1. The first-order valence-corrected chi connectivity index (χ1v) is 8.07. The van der Waals surface area contributed by atoms with Gasteiger partial charge in [-0.05, 0) is 44.5 Å². The number of nitrogens with zero attached hydrogens (tertiary/aromatic N) is 2. The van der Waals surface area contributed by atoms with Crippen LogP contribution in [0.25, 0.3) is 6.08 Å². The van der Waals surface area contributed by atoms with E-state index in [-0.39, 0.29) is 11.9 Å². The van der Waals surface area contributed by atoms with Crippen LogP contribution < -0.4 is 0 Å². The lowest BCUT2D eigenvalue weighted by atomic mass is 10.2.